The van der Waals surface area contributed by atoms with Crippen molar-refractivity contribution in [1.29, 1.82) is 0 Å². The highest BCUT2D eigenvalue weighted by Gasteiger charge is 2.38. The first-order chi connectivity index (χ1) is 25.0. The van der Waals surface area contributed by atoms with Crippen LogP contribution in [0.2, 0.25) is 0 Å². The Bertz CT molecular complexity index is 2320. The lowest BCUT2D eigenvalue weighted by atomic mass is 9.90. The van der Waals surface area contributed by atoms with Crippen LogP contribution in [0, 0.1) is 5.92 Å². The molecule has 0 spiro atoms. The number of aromatic nitrogens is 4. The van der Waals surface area contributed by atoms with Crippen molar-refractivity contribution >= 4 is 28.0 Å². The first-order valence-electron chi connectivity index (χ1n) is 17.1. The first-order valence-corrected chi connectivity index (χ1v) is 17.1. The summed E-state index contributed by atoms with van der Waals surface area (Å²) in [6.45, 7) is 3.11. The Morgan fingerprint density at radius 1 is 0.765 bits per heavy atom. The molecular formula is C42H37N5O4. The molecule has 7 aromatic rings. The van der Waals surface area contributed by atoms with Crippen LogP contribution >= 0.6 is 0 Å². The molecule has 4 atom stereocenters. The van der Waals surface area contributed by atoms with Gasteiger partial charge in [0, 0.05) is 18.0 Å². The van der Waals surface area contributed by atoms with E-state index in [9.17, 15) is 9.90 Å². The van der Waals surface area contributed by atoms with E-state index in [1.807, 2.05) is 97.3 Å². The third-order valence-electron chi connectivity index (χ3n) is 9.58. The molecule has 5 aromatic carbocycles. The zero-order chi connectivity index (χ0) is 34.7. The van der Waals surface area contributed by atoms with E-state index >= 15 is 0 Å². The molecule has 0 radical (unpaired) electrons. The minimum atomic E-state index is -0.617. The van der Waals surface area contributed by atoms with Gasteiger partial charge in [-0.25, -0.2) is 9.97 Å². The highest BCUT2D eigenvalue weighted by atomic mass is 16.7. The summed E-state index contributed by atoms with van der Waals surface area (Å²) < 4.78 is 15.7. The van der Waals surface area contributed by atoms with E-state index in [1.165, 1.54) is 6.20 Å². The Labute approximate surface area is 295 Å². The lowest BCUT2D eigenvalue weighted by Gasteiger charge is -2.41. The molecule has 9 nitrogen and oxygen atoms in total. The number of ether oxygens (including phenoxy) is 2. The maximum atomic E-state index is 13.0. The molecule has 3 heterocycles. The number of benzene rings is 5. The molecule has 1 aliphatic heterocycles. The number of nitrogens with one attached hydrogen (secondary N) is 1. The van der Waals surface area contributed by atoms with Crippen molar-refractivity contribution in [2.24, 2.45) is 5.92 Å². The van der Waals surface area contributed by atoms with Crippen LogP contribution in [0.25, 0.3) is 33.2 Å². The van der Waals surface area contributed by atoms with Crippen molar-refractivity contribution in [3.63, 3.8) is 0 Å². The second-order valence-electron chi connectivity index (χ2n) is 13.0. The van der Waals surface area contributed by atoms with Crippen LogP contribution in [0.4, 0.5) is 0 Å². The summed E-state index contributed by atoms with van der Waals surface area (Å²) in [5.74, 6) is -0.252. The summed E-state index contributed by atoms with van der Waals surface area (Å²) >= 11 is 0. The Morgan fingerprint density at radius 2 is 1.51 bits per heavy atom. The summed E-state index contributed by atoms with van der Waals surface area (Å²) in [4.78, 5) is 26.4. The predicted octanol–water partition coefficient (Wildman–Crippen LogP) is 7.56. The smallest absolute Gasteiger partial charge is 0.271 e. The number of rotatable bonds is 9. The van der Waals surface area contributed by atoms with Crippen molar-refractivity contribution in [3.8, 4) is 11.1 Å². The molecule has 1 fully saturated rings. The zero-order valence-electron chi connectivity index (χ0n) is 28.1. The van der Waals surface area contributed by atoms with Gasteiger partial charge in [0.05, 0.1) is 60.0 Å². The van der Waals surface area contributed by atoms with Crippen LogP contribution in [0.15, 0.2) is 134 Å². The molecule has 2 aromatic heterocycles. The Balaban J connectivity index is 1.03. The summed E-state index contributed by atoms with van der Waals surface area (Å²) in [7, 11) is 0. The van der Waals surface area contributed by atoms with Gasteiger partial charge in [-0.15, -0.1) is 0 Å². The molecule has 9 heteroatoms. The molecule has 1 aliphatic rings. The first kappa shape index (κ1) is 32.5. The maximum absolute atomic E-state index is 13.0. The highest BCUT2D eigenvalue weighted by Crippen LogP contribution is 2.43. The number of carbonyl (C=O) groups is 1. The minimum absolute atomic E-state index is 0.0110. The number of imidazole rings is 1. The van der Waals surface area contributed by atoms with Crippen LogP contribution in [0.3, 0.4) is 0 Å². The van der Waals surface area contributed by atoms with Gasteiger partial charge < -0.3 is 24.5 Å². The van der Waals surface area contributed by atoms with Gasteiger partial charge in [-0.1, -0.05) is 91.9 Å². The van der Waals surface area contributed by atoms with Crippen LogP contribution in [-0.4, -0.2) is 36.6 Å². The van der Waals surface area contributed by atoms with Crippen molar-refractivity contribution in [3.05, 3.63) is 162 Å². The van der Waals surface area contributed by atoms with Crippen molar-refractivity contribution in [2.45, 2.75) is 45.1 Å². The van der Waals surface area contributed by atoms with Gasteiger partial charge in [0.15, 0.2) is 6.29 Å². The average Bonchev–Trinajstić information content (AvgIpc) is 3.60. The van der Waals surface area contributed by atoms with E-state index in [4.69, 9.17) is 9.47 Å². The topological polar surface area (TPSA) is 111 Å². The standard InChI is InChI=1S/C42H37N5O4/c1-27-39(24-47-26-45-36-14-4-5-15-38(36)47)50-42(51-40(27)30-18-16-28(25-48)17-19-30)33-11-7-10-32(21-33)31-9-6-8-29(20-31)22-44-41(49)37-23-43-34-12-2-3-13-35(34)46-37/h2-21,23,26-27,39-40,42,48H,22,24-25H2,1H3,(H,44,49)/t27-,39+,40+,42+/m1/s1. The quantitative estimate of drug-likeness (QED) is 0.162. The molecule has 254 valence electrons. The molecule has 2 N–H and O–H groups in total. The summed E-state index contributed by atoms with van der Waals surface area (Å²) in [6, 6.07) is 39.9. The Hall–Kier alpha value is -5.74. The van der Waals surface area contributed by atoms with Gasteiger partial charge in [0.1, 0.15) is 5.69 Å². The third kappa shape index (κ3) is 6.87. The molecule has 51 heavy (non-hydrogen) atoms. The zero-order valence-corrected chi connectivity index (χ0v) is 28.1. The molecule has 1 saturated heterocycles. The number of amides is 1. The van der Waals surface area contributed by atoms with Gasteiger partial charge in [-0.3, -0.25) is 9.78 Å². The van der Waals surface area contributed by atoms with Crippen LogP contribution in [0.5, 0.6) is 0 Å². The van der Waals surface area contributed by atoms with E-state index in [-0.39, 0.29) is 36.3 Å². The normalized spacial score (nSPS) is 18.9. The number of fused-ring (bicyclic) bond motifs is 2. The third-order valence-corrected chi connectivity index (χ3v) is 9.58. The second-order valence-corrected chi connectivity index (χ2v) is 13.0. The fraction of sp³-hybridized carbons (Fsp3) is 0.190. The fourth-order valence-electron chi connectivity index (χ4n) is 6.74. The van der Waals surface area contributed by atoms with Crippen molar-refractivity contribution < 1.29 is 19.4 Å². The van der Waals surface area contributed by atoms with E-state index in [0.29, 0.717) is 18.6 Å². The van der Waals surface area contributed by atoms with E-state index in [1.54, 1.807) is 0 Å². The van der Waals surface area contributed by atoms with Gasteiger partial charge in [-0.05, 0) is 64.2 Å². The van der Waals surface area contributed by atoms with E-state index in [0.717, 1.165) is 49.9 Å². The average molecular weight is 676 g/mol. The number of carbonyl (C=O) groups excluding carboxylic acids is 1. The number of hydrogen-bond acceptors (Lipinski definition) is 7. The molecule has 1 amide bonds. The minimum Gasteiger partial charge on any atom is -0.392 e. The number of aliphatic hydroxyl groups is 1. The summed E-state index contributed by atoms with van der Waals surface area (Å²) in [6.07, 6.45) is 2.36. The largest absolute Gasteiger partial charge is 0.392 e. The lowest BCUT2D eigenvalue weighted by Crippen LogP contribution is -2.39. The summed E-state index contributed by atoms with van der Waals surface area (Å²) in [5.41, 5.74) is 9.48. The molecule has 0 unspecified atom stereocenters. The van der Waals surface area contributed by atoms with Crippen LogP contribution in [0.1, 0.15) is 52.1 Å². The number of para-hydroxylation sites is 4. The molecule has 8 rings (SSSR count). The monoisotopic (exact) mass is 675 g/mol. The second kappa shape index (κ2) is 14.2. The van der Waals surface area contributed by atoms with Gasteiger partial charge in [0.2, 0.25) is 0 Å². The molecule has 0 bridgehead atoms. The number of hydrogen-bond donors (Lipinski definition) is 2. The molecule has 0 aliphatic carbocycles. The number of nitrogens with zero attached hydrogens (tertiary/aromatic N) is 4. The van der Waals surface area contributed by atoms with Gasteiger partial charge in [-0.2, -0.15) is 0 Å². The SMILES string of the molecule is C[C@@H]1[C@H](Cn2cnc3ccccc32)O[C@H](c2cccc(-c3cccc(CNC(=O)c4cnc5ccccc5n4)c3)c2)O[C@@H]1c1ccc(CO)cc1. The van der Waals surface area contributed by atoms with Crippen LogP contribution < -0.4 is 5.32 Å². The van der Waals surface area contributed by atoms with Gasteiger partial charge in [0.25, 0.3) is 5.91 Å². The maximum Gasteiger partial charge on any atom is 0.271 e. The Kier molecular flexibility index (Phi) is 9.07. The van der Waals surface area contributed by atoms with E-state index in [2.05, 4.69) is 62.1 Å². The molecule has 0 saturated carbocycles. The van der Waals surface area contributed by atoms with Crippen molar-refractivity contribution in [2.75, 3.05) is 0 Å². The van der Waals surface area contributed by atoms with Crippen LogP contribution in [-0.2, 0) is 29.2 Å². The lowest BCUT2D eigenvalue weighted by molar-refractivity contribution is -0.276. The predicted molar refractivity (Wildman–Crippen MR) is 195 cm³/mol. The van der Waals surface area contributed by atoms with E-state index < -0.39 is 6.29 Å². The van der Waals surface area contributed by atoms with Crippen molar-refractivity contribution in [1.82, 2.24) is 24.8 Å². The number of aliphatic hydroxyl groups excluding tert-OH is 1. The highest BCUT2D eigenvalue weighted by molar-refractivity contribution is 5.93. The molecular weight excluding hydrogens is 638 g/mol. The van der Waals surface area contributed by atoms with Gasteiger partial charge >= 0.3 is 0 Å². The summed E-state index contributed by atoms with van der Waals surface area (Å²) in [5, 5.41) is 12.6. The fourth-order valence-corrected chi connectivity index (χ4v) is 6.74. The Morgan fingerprint density at radius 3 is 2.33 bits per heavy atom.